The zero-order valence-electron chi connectivity index (χ0n) is 18.8. The van der Waals surface area contributed by atoms with Crippen molar-refractivity contribution in [2.24, 2.45) is 0 Å². The van der Waals surface area contributed by atoms with Gasteiger partial charge in [-0.2, -0.15) is 0 Å². The van der Waals surface area contributed by atoms with Crippen molar-refractivity contribution in [1.82, 2.24) is 31.1 Å². The maximum Gasteiger partial charge on any atom is 0.334 e. The molecule has 1 aromatic carbocycles. The van der Waals surface area contributed by atoms with Crippen molar-refractivity contribution in [2.75, 3.05) is 6.61 Å². The summed E-state index contributed by atoms with van der Waals surface area (Å²) in [5, 5.41) is 2.11. The van der Waals surface area contributed by atoms with E-state index >= 15 is 0 Å². The monoisotopic (exact) mass is 526 g/mol. The molecule has 3 N–H and O–H groups in total. The predicted molar refractivity (Wildman–Crippen MR) is 120 cm³/mol. The minimum atomic E-state index is -2.82. The van der Waals surface area contributed by atoms with E-state index in [1.165, 1.54) is 19.3 Å². The Balaban J connectivity index is 1.70. The van der Waals surface area contributed by atoms with Crippen molar-refractivity contribution >= 4 is 23.5 Å². The molecule has 0 saturated carbocycles. The smallest absolute Gasteiger partial charge is 0.334 e. The number of ether oxygens (including phenoxy) is 1. The van der Waals surface area contributed by atoms with Gasteiger partial charge in [-0.05, 0) is 32.0 Å². The van der Waals surface area contributed by atoms with Gasteiger partial charge in [0, 0.05) is 29.7 Å². The summed E-state index contributed by atoms with van der Waals surface area (Å²) in [5.41, 5.74) is 4.09. The van der Waals surface area contributed by atoms with Gasteiger partial charge in [-0.3, -0.25) is 15.2 Å². The molecule has 0 radical (unpaired) electrons. The molecule has 2 heterocycles. The molecule has 0 fully saturated rings. The van der Waals surface area contributed by atoms with Crippen molar-refractivity contribution in [3.63, 3.8) is 0 Å². The standard InChI is InChI=1S/C22H19ClF4N6O3/c1-10(31-22(35)33-32-21(34)13-7-28-11(2)29-8-13)19-17(25)3-12(6-30-19)15-4-14(24)5-16(23)20(15)36-9-18(26)27/h3-8,10,18H,9H2,1-2H3,(H,32,34)(H2,31,33,35)/t10-/m1/s1. The van der Waals surface area contributed by atoms with Crippen LogP contribution in [0.2, 0.25) is 5.02 Å². The minimum Gasteiger partial charge on any atom is -0.485 e. The van der Waals surface area contributed by atoms with Crippen LogP contribution in [0, 0.1) is 18.6 Å². The lowest BCUT2D eigenvalue weighted by atomic mass is 10.0. The van der Waals surface area contributed by atoms with Crippen LogP contribution >= 0.6 is 11.6 Å². The molecule has 3 rings (SSSR count). The van der Waals surface area contributed by atoms with Gasteiger partial charge in [0.1, 0.15) is 29.8 Å². The lowest BCUT2D eigenvalue weighted by molar-refractivity contribution is 0.0822. The largest absolute Gasteiger partial charge is 0.485 e. The lowest BCUT2D eigenvalue weighted by Crippen LogP contribution is -2.47. The van der Waals surface area contributed by atoms with Crippen LogP contribution in [0.4, 0.5) is 22.4 Å². The van der Waals surface area contributed by atoms with Gasteiger partial charge in [-0.1, -0.05) is 11.6 Å². The molecule has 36 heavy (non-hydrogen) atoms. The van der Waals surface area contributed by atoms with Crippen molar-refractivity contribution < 1.29 is 31.9 Å². The Labute approximate surface area is 207 Å². The quantitative estimate of drug-likeness (QED) is 0.315. The number of aromatic nitrogens is 3. The Morgan fingerprint density at radius 3 is 2.39 bits per heavy atom. The molecule has 0 spiro atoms. The Hall–Kier alpha value is -4.00. The molecule has 1 atom stereocenters. The van der Waals surface area contributed by atoms with Gasteiger partial charge < -0.3 is 10.1 Å². The first-order valence-corrected chi connectivity index (χ1v) is 10.6. The van der Waals surface area contributed by atoms with E-state index in [0.29, 0.717) is 5.82 Å². The summed E-state index contributed by atoms with van der Waals surface area (Å²) in [6.07, 6.45) is 0.880. The number of aryl methyl sites for hydroxylation is 1. The molecule has 0 unspecified atom stereocenters. The molecule has 0 bridgehead atoms. The van der Waals surface area contributed by atoms with E-state index in [1.54, 1.807) is 6.92 Å². The van der Waals surface area contributed by atoms with E-state index < -0.39 is 42.6 Å². The average Bonchev–Trinajstić information content (AvgIpc) is 2.81. The number of amides is 3. The fourth-order valence-electron chi connectivity index (χ4n) is 2.98. The highest BCUT2D eigenvalue weighted by molar-refractivity contribution is 6.32. The maximum absolute atomic E-state index is 14.8. The summed E-state index contributed by atoms with van der Waals surface area (Å²) in [5.74, 6) is -2.15. The molecule has 2 aromatic heterocycles. The molecule has 0 aliphatic heterocycles. The number of hydrogen-bond acceptors (Lipinski definition) is 6. The zero-order chi connectivity index (χ0) is 26.4. The fraction of sp³-hybridized carbons (Fsp3) is 0.227. The number of pyridine rings is 1. The van der Waals surface area contributed by atoms with E-state index in [4.69, 9.17) is 16.3 Å². The lowest BCUT2D eigenvalue weighted by Gasteiger charge is -2.17. The second-order valence-electron chi connectivity index (χ2n) is 7.35. The molecular formula is C22H19ClF4N6O3. The van der Waals surface area contributed by atoms with Crippen LogP contribution in [-0.4, -0.2) is 39.9 Å². The third-order valence-corrected chi connectivity index (χ3v) is 4.91. The molecule has 3 amide bonds. The SMILES string of the molecule is Cc1ncc(C(=O)NNC(=O)N[C@H](C)c2ncc(-c3cc(F)cc(Cl)c3OCC(F)F)cc2F)cn1. The normalized spacial score (nSPS) is 11.7. The first-order valence-electron chi connectivity index (χ1n) is 10.3. The van der Waals surface area contributed by atoms with Crippen LogP contribution in [-0.2, 0) is 0 Å². The van der Waals surface area contributed by atoms with Crippen molar-refractivity contribution in [3.8, 4) is 16.9 Å². The number of nitrogens with one attached hydrogen (secondary N) is 3. The third-order valence-electron chi connectivity index (χ3n) is 4.63. The number of rotatable bonds is 7. The van der Waals surface area contributed by atoms with Gasteiger partial charge in [0.2, 0.25) is 0 Å². The molecule has 9 nitrogen and oxygen atoms in total. The number of hydrazine groups is 1. The van der Waals surface area contributed by atoms with E-state index in [2.05, 4.69) is 31.1 Å². The molecule has 190 valence electrons. The van der Waals surface area contributed by atoms with Crippen LogP contribution in [0.5, 0.6) is 5.75 Å². The third kappa shape index (κ3) is 6.78. The second kappa shape index (κ2) is 11.6. The van der Waals surface area contributed by atoms with Gasteiger partial charge in [0.05, 0.1) is 22.3 Å². The van der Waals surface area contributed by atoms with Crippen LogP contribution in [0.25, 0.3) is 11.1 Å². The number of halogens is 5. The van der Waals surface area contributed by atoms with E-state index in [-0.39, 0.29) is 33.2 Å². The Kier molecular flexibility index (Phi) is 8.59. The van der Waals surface area contributed by atoms with Gasteiger partial charge in [0.25, 0.3) is 12.3 Å². The van der Waals surface area contributed by atoms with E-state index in [1.807, 2.05) is 0 Å². The topological polar surface area (TPSA) is 118 Å². The highest BCUT2D eigenvalue weighted by Crippen LogP contribution is 2.38. The van der Waals surface area contributed by atoms with Gasteiger partial charge in [-0.25, -0.2) is 37.7 Å². The number of carbonyl (C=O) groups is 2. The number of benzene rings is 1. The number of hydrogen-bond donors (Lipinski definition) is 3. The summed E-state index contributed by atoms with van der Waals surface area (Å²) in [7, 11) is 0. The number of alkyl halides is 2. The Morgan fingerprint density at radius 2 is 1.75 bits per heavy atom. The molecule has 0 aliphatic rings. The van der Waals surface area contributed by atoms with Gasteiger partial charge in [0.15, 0.2) is 0 Å². The predicted octanol–water partition coefficient (Wildman–Crippen LogP) is 4.13. The molecule has 14 heteroatoms. The van der Waals surface area contributed by atoms with Crippen LogP contribution in [0.3, 0.4) is 0 Å². The van der Waals surface area contributed by atoms with E-state index in [9.17, 15) is 27.2 Å². The summed E-state index contributed by atoms with van der Waals surface area (Å²) >= 11 is 5.93. The van der Waals surface area contributed by atoms with Gasteiger partial charge >= 0.3 is 6.03 Å². The fourth-order valence-corrected chi connectivity index (χ4v) is 3.24. The van der Waals surface area contributed by atoms with Gasteiger partial charge in [-0.15, -0.1) is 0 Å². The number of carbonyl (C=O) groups excluding carboxylic acids is 2. The molecule has 0 saturated heterocycles. The Morgan fingerprint density at radius 1 is 1.06 bits per heavy atom. The molecule has 0 aliphatic carbocycles. The Bertz CT molecular complexity index is 1260. The maximum atomic E-state index is 14.8. The van der Waals surface area contributed by atoms with Crippen LogP contribution < -0.4 is 20.9 Å². The highest BCUT2D eigenvalue weighted by Gasteiger charge is 2.20. The van der Waals surface area contributed by atoms with Crippen molar-refractivity contribution in [2.45, 2.75) is 26.3 Å². The molecular weight excluding hydrogens is 508 g/mol. The summed E-state index contributed by atoms with van der Waals surface area (Å²) < 4.78 is 58.9. The van der Waals surface area contributed by atoms with Crippen LogP contribution in [0.15, 0.2) is 36.8 Å². The summed E-state index contributed by atoms with van der Waals surface area (Å²) in [6.45, 7) is 2.06. The average molecular weight is 527 g/mol. The van der Waals surface area contributed by atoms with Crippen LogP contribution in [0.1, 0.15) is 34.8 Å². The van der Waals surface area contributed by atoms with Crippen molar-refractivity contribution in [3.05, 3.63) is 70.5 Å². The molecule has 3 aromatic rings. The summed E-state index contributed by atoms with van der Waals surface area (Å²) in [6, 6.07) is 0.953. The first kappa shape index (κ1) is 26.6. The highest BCUT2D eigenvalue weighted by atomic mass is 35.5. The van der Waals surface area contributed by atoms with Crippen molar-refractivity contribution in [1.29, 1.82) is 0 Å². The van der Waals surface area contributed by atoms with E-state index in [0.717, 1.165) is 24.4 Å². The zero-order valence-corrected chi connectivity index (χ0v) is 19.5. The first-order chi connectivity index (χ1) is 17.0. The summed E-state index contributed by atoms with van der Waals surface area (Å²) in [4.78, 5) is 35.8. The number of urea groups is 1. The minimum absolute atomic E-state index is 0.00569. The number of nitrogens with zero attached hydrogens (tertiary/aromatic N) is 3. The second-order valence-corrected chi connectivity index (χ2v) is 7.76.